The van der Waals surface area contributed by atoms with Crippen LogP contribution in [0.1, 0.15) is 30.4 Å². The van der Waals surface area contributed by atoms with Crippen molar-refractivity contribution in [2.24, 2.45) is 0 Å². The van der Waals surface area contributed by atoms with Crippen LogP contribution in [0.4, 0.5) is 5.69 Å². The monoisotopic (exact) mass is 414 g/mol. The lowest BCUT2D eigenvalue weighted by atomic mass is 10.2. The van der Waals surface area contributed by atoms with Gasteiger partial charge in [-0.15, -0.1) is 0 Å². The summed E-state index contributed by atoms with van der Waals surface area (Å²) in [4.78, 5) is 12.5. The zero-order valence-electron chi connectivity index (χ0n) is 16.7. The number of piperidine rings is 1. The highest BCUT2D eigenvalue weighted by Crippen LogP contribution is 2.26. The van der Waals surface area contributed by atoms with Gasteiger partial charge in [0.15, 0.2) is 0 Å². The quantitative estimate of drug-likeness (QED) is 0.729. The second kappa shape index (κ2) is 9.24. The summed E-state index contributed by atoms with van der Waals surface area (Å²) >= 11 is 0. The molecule has 1 fully saturated rings. The van der Waals surface area contributed by atoms with Crippen molar-refractivity contribution in [1.82, 2.24) is 4.31 Å². The minimum absolute atomic E-state index is 0.247. The van der Waals surface area contributed by atoms with E-state index in [0.29, 0.717) is 24.3 Å². The van der Waals surface area contributed by atoms with Crippen LogP contribution in [0.15, 0.2) is 53.4 Å². The number of anilines is 1. The molecular formula is C22H26N2O4S. The smallest absolute Gasteiger partial charge is 0.248 e. The lowest BCUT2D eigenvalue weighted by Gasteiger charge is -2.26. The second-order valence-electron chi connectivity index (χ2n) is 7.04. The minimum atomic E-state index is -3.56. The van der Waals surface area contributed by atoms with E-state index in [1.54, 1.807) is 38.3 Å². The third-order valence-electron chi connectivity index (χ3n) is 4.93. The van der Waals surface area contributed by atoms with Gasteiger partial charge in [-0.1, -0.05) is 24.6 Å². The van der Waals surface area contributed by atoms with Crippen molar-refractivity contribution in [3.05, 3.63) is 59.7 Å². The molecule has 1 N–H and O–H groups in total. The van der Waals surface area contributed by atoms with Crippen LogP contribution in [-0.4, -0.2) is 38.8 Å². The summed E-state index contributed by atoms with van der Waals surface area (Å²) in [5.41, 5.74) is 1.98. The Labute approximate surface area is 172 Å². The molecule has 1 aliphatic rings. The van der Waals surface area contributed by atoms with Gasteiger partial charge in [0.2, 0.25) is 15.9 Å². The second-order valence-corrected chi connectivity index (χ2v) is 8.95. The Morgan fingerprint density at radius 2 is 1.76 bits per heavy atom. The molecule has 0 aliphatic carbocycles. The number of benzene rings is 2. The van der Waals surface area contributed by atoms with Gasteiger partial charge in [0.25, 0.3) is 0 Å². The Morgan fingerprint density at radius 1 is 1.07 bits per heavy atom. The Morgan fingerprint density at radius 3 is 2.41 bits per heavy atom. The molecule has 1 amide bonds. The van der Waals surface area contributed by atoms with E-state index in [1.165, 1.54) is 10.4 Å². The molecule has 1 aliphatic heterocycles. The zero-order valence-corrected chi connectivity index (χ0v) is 17.5. The fraction of sp³-hybridized carbons (Fsp3) is 0.318. The van der Waals surface area contributed by atoms with E-state index < -0.39 is 10.0 Å². The molecule has 1 saturated heterocycles. The molecule has 0 radical (unpaired) electrons. The number of rotatable bonds is 6. The van der Waals surface area contributed by atoms with E-state index in [-0.39, 0.29) is 10.8 Å². The molecule has 0 unspecified atom stereocenters. The third kappa shape index (κ3) is 5.25. The Bertz CT molecular complexity index is 992. The number of methoxy groups -OCH3 is 1. The van der Waals surface area contributed by atoms with Crippen molar-refractivity contribution in [3.63, 3.8) is 0 Å². The van der Waals surface area contributed by atoms with Crippen molar-refractivity contribution < 1.29 is 17.9 Å². The van der Waals surface area contributed by atoms with Gasteiger partial charge in [-0.25, -0.2) is 8.42 Å². The highest BCUT2D eigenvalue weighted by atomic mass is 32.2. The van der Waals surface area contributed by atoms with Crippen LogP contribution < -0.4 is 10.1 Å². The first-order chi connectivity index (χ1) is 13.9. The number of nitrogens with zero attached hydrogens (tertiary/aromatic N) is 1. The van der Waals surface area contributed by atoms with Crippen LogP contribution in [-0.2, 0) is 14.8 Å². The first-order valence-electron chi connectivity index (χ1n) is 9.64. The molecule has 7 heteroatoms. The van der Waals surface area contributed by atoms with Crippen LogP contribution >= 0.6 is 0 Å². The lowest BCUT2D eigenvalue weighted by Crippen LogP contribution is -2.36. The molecule has 6 nitrogen and oxygen atoms in total. The minimum Gasteiger partial charge on any atom is -0.497 e. The molecule has 154 valence electrons. The van der Waals surface area contributed by atoms with Crippen LogP contribution in [0, 0.1) is 6.92 Å². The molecule has 0 atom stereocenters. The summed E-state index contributed by atoms with van der Waals surface area (Å²) in [5, 5.41) is 2.74. The van der Waals surface area contributed by atoms with Gasteiger partial charge in [0, 0.05) is 24.9 Å². The van der Waals surface area contributed by atoms with E-state index in [1.807, 2.05) is 24.3 Å². The number of nitrogens with one attached hydrogen (secondary N) is 1. The van der Waals surface area contributed by atoms with Gasteiger partial charge in [0.05, 0.1) is 12.0 Å². The molecule has 2 aromatic rings. The predicted molar refractivity (Wildman–Crippen MR) is 114 cm³/mol. The van der Waals surface area contributed by atoms with E-state index in [9.17, 15) is 13.2 Å². The lowest BCUT2D eigenvalue weighted by molar-refractivity contribution is -0.111. The van der Waals surface area contributed by atoms with Gasteiger partial charge in [0.1, 0.15) is 5.75 Å². The summed E-state index contributed by atoms with van der Waals surface area (Å²) in [6.07, 6.45) is 5.92. The van der Waals surface area contributed by atoms with Crippen molar-refractivity contribution in [3.8, 4) is 5.75 Å². The number of aryl methyl sites for hydroxylation is 1. The number of amides is 1. The van der Waals surface area contributed by atoms with Crippen molar-refractivity contribution in [1.29, 1.82) is 0 Å². The predicted octanol–water partition coefficient (Wildman–Crippen LogP) is 3.83. The summed E-state index contributed by atoms with van der Waals surface area (Å²) in [6.45, 7) is 2.86. The van der Waals surface area contributed by atoms with Gasteiger partial charge >= 0.3 is 0 Å². The Kier molecular flexibility index (Phi) is 6.71. The number of hydrogen-bond acceptors (Lipinski definition) is 4. The first-order valence-corrected chi connectivity index (χ1v) is 11.1. The Hall–Kier alpha value is -2.64. The van der Waals surface area contributed by atoms with Gasteiger partial charge < -0.3 is 10.1 Å². The molecule has 1 heterocycles. The van der Waals surface area contributed by atoms with Gasteiger partial charge in [-0.3, -0.25) is 4.79 Å². The fourth-order valence-electron chi connectivity index (χ4n) is 3.27. The molecule has 0 aromatic heterocycles. The van der Waals surface area contributed by atoms with Crippen LogP contribution in [0.3, 0.4) is 0 Å². The summed E-state index contributed by atoms with van der Waals surface area (Å²) < 4.78 is 32.6. The van der Waals surface area contributed by atoms with E-state index in [2.05, 4.69) is 5.32 Å². The standard InChI is InChI=1S/C22H26N2O4S/c1-17-6-10-19(16-21(17)29(26,27)24-14-4-3-5-15-24)23-22(25)13-9-18-7-11-20(28-2)12-8-18/h6-13,16H,3-5,14-15H2,1-2H3,(H,23,25)/b13-9+. The van der Waals surface area contributed by atoms with E-state index in [0.717, 1.165) is 30.6 Å². The highest BCUT2D eigenvalue weighted by Gasteiger charge is 2.27. The fourth-order valence-corrected chi connectivity index (χ4v) is 5.04. The zero-order chi connectivity index (χ0) is 20.9. The Balaban J connectivity index is 1.73. The highest BCUT2D eigenvalue weighted by molar-refractivity contribution is 7.89. The number of carbonyl (C=O) groups is 1. The van der Waals surface area contributed by atoms with Crippen molar-refractivity contribution in [2.45, 2.75) is 31.1 Å². The van der Waals surface area contributed by atoms with E-state index >= 15 is 0 Å². The topological polar surface area (TPSA) is 75.7 Å². The molecule has 3 rings (SSSR count). The summed E-state index contributed by atoms with van der Waals surface area (Å²) in [5.74, 6) is 0.416. The first kappa shape index (κ1) is 21.1. The van der Waals surface area contributed by atoms with Crippen LogP contribution in [0.2, 0.25) is 0 Å². The molecular weight excluding hydrogens is 388 g/mol. The maximum Gasteiger partial charge on any atom is 0.248 e. The third-order valence-corrected chi connectivity index (χ3v) is 6.97. The summed E-state index contributed by atoms with van der Waals surface area (Å²) in [7, 11) is -1.96. The van der Waals surface area contributed by atoms with Crippen molar-refractivity contribution in [2.75, 3.05) is 25.5 Å². The number of hydrogen-bond donors (Lipinski definition) is 1. The average molecular weight is 415 g/mol. The van der Waals surface area contributed by atoms with Crippen LogP contribution in [0.5, 0.6) is 5.75 Å². The van der Waals surface area contributed by atoms with Crippen LogP contribution in [0.25, 0.3) is 6.08 Å². The summed E-state index contributed by atoms with van der Waals surface area (Å²) in [6, 6.07) is 12.3. The SMILES string of the molecule is COc1ccc(/C=C/C(=O)Nc2ccc(C)c(S(=O)(=O)N3CCCCC3)c2)cc1. The van der Waals surface area contributed by atoms with Gasteiger partial charge in [-0.05, 0) is 61.2 Å². The molecule has 0 bridgehead atoms. The number of ether oxygens (including phenoxy) is 1. The molecule has 0 saturated carbocycles. The average Bonchev–Trinajstić information content (AvgIpc) is 2.74. The normalized spacial score (nSPS) is 15.4. The van der Waals surface area contributed by atoms with Crippen molar-refractivity contribution >= 4 is 27.7 Å². The number of sulfonamides is 1. The molecule has 29 heavy (non-hydrogen) atoms. The largest absolute Gasteiger partial charge is 0.497 e. The van der Waals surface area contributed by atoms with Gasteiger partial charge in [-0.2, -0.15) is 4.31 Å². The van der Waals surface area contributed by atoms with E-state index in [4.69, 9.17) is 4.74 Å². The maximum atomic E-state index is 13.0. The maximum absolute atomic E-state index is 13.0. The molecule has 2 aromatic carbocycles. The number of carbonyl (C=O) groups excluding carboxylic acids is 1. The molecule has 0 spiro atoms.